The SMILES string of the molecule is COC(=O)c1ccc2c(c1)C(=O)NCC1=C/C=C\C=C/C=C\12. The average Bonchev–Trinajstić information content (AvgIpc) is 2.64. The number of esters is 1. The van der Waals surface area contributed by atoms with Crippen LogP contribution in [0.2, 0.25) is 0 Å². The van der Waals surface area contributed by atoms with Crippen LogP contribution in [0.4, 0.5) is 0 Å². The van der Waals surface area contributed by atoms with Crippen molar-refractivity contribution in [2.24, 2.45) is 0 Å². The molecule has 3 rings (SSSR count). The highest BCUT2D eigenvalue weighted by Crippen LogP contribution is 2.30. The van der Waals surface area contributed by atoms with E-state index in [0.717, 1.165) is 16.7 Å². The molecule has 1 aliphatic carbocycles. The van der Waals surface area contributed by atoms with Gasteiger partial charge in [0.05, 0.1) is 12.7 Å². The zero-order chi connectivity index (χ0) is 15.5. The molecule has 0 saturated carbocycles. The minimum absolute atomic E-state index is 0.192. The molecule has 0 atom stereocenters. The predicted octanol–water partition coefficient (Wildman–Crippen LogP) is 2.65. The molecule has 4 heteroatoms. The zero-order valence-electron chi connectivity index (χ0n) is 12.1. The number of rotatable bonds is 1. The van der Waals surface area contributed by atoms with Gasteiger partial charge in [0.2, 0.25) is 0 Å². The van der Waals surface area contributed by atoms with E-state index >= 15 is 0 Å². The van der Waals surface area contributed by atoms with Gasteiger partial charge >= 0.3 is 5.97 Å². The molecule has 4 nitrogen and oxygen atoms in total. The van der Waals surface area contributed by atoms with Gasteiger partial charge in [-0.05, 0) is 28.8 Å². The molecule has 0 spiro atoms. The summed E-state index contributed by atoms with van der Waals surface area (Å²) in [5, 5.41) is 2.87. The molecule has 0 saturated heterocycles. The topological polar surface area (TPSA) is 55.4 Å². The van der Waals surface area contributed by atoms with E-state index in [1.165, 1.54) is 7.11 Å². The Morgan fingerprint density at radius 3 is 2.64 bits per heavy atom. The monoisotopic (exact) mass is 293 g/mol. The summed E-state index contributed by atoms with van der Waals surface area (Å²) in [6.07, 6.45) is 11.7. The Morgan fingerprint density at radius 1 is 1.09 bits per heavy atom. The number of carbonyl (C=O) groups excluding carboxylic acids is 2. The van der Waals surface area contributed by atoms with Crippen molar-refractivity contribution in [3.8, 4) is 0 Å². The number of nitrogens with one attached hydrogen (secondary N) is 1. The summed E-state index contributed by atoms with van der Waals surface area (Å²) in [5.41, 5.74) is 3.67. The van der Waals surface area contributed by atoms with Gasteiger partial charge in [-0.15, -0.1) is 0 Å². The summed E-state index contributed by atoms with van der Waals surface area (Å²) in [4.78, 5) is 24.0. The fourth-order valence-electron chi connectivity index (χ4n) is 2.55. The van der Waals surface area contributed by atoms with Crippen LogP contribution in [-0.2, 0) is 4.74 Å². The van der Waals surface area contributed by atoms with Crippen molar-refractivity contribution in [2.45, 2.75) is 0 Å². The average molecular weight is 293 g/mol. The Bertz CT molecular complexity index is 767. The minimum Gasteiger partial charge on any atom is -0.465 e. The van der Waals surface area contributed by atoms with Gasteiger partial charge in [-0.2, -0.15) is 0 Å². The van der Waals surface area contributed by atoms with Gasteiger partial charge < -0.3 is 10.1 Å². The second-order valence-corrected chi connectivity index (χ2v) is 4.98. The van der Waals surface area contributed by atoms with Gasteiger partial charge in [0.25, 0.3) is 5.91 Å². The summed E-state index contributed by atoms with van der Waals surface area (Å²) < 4.78 is 4.72. The van der Waals surface area contributed by atoms with Gasteiger partial charge in [0.15, 0.2) is 0 Å². The number of methoxy groups -OCH3 is 1. The van der Waals surface area contributed by atoms with Crippen LogP contribution in [0, 0.1) is 0 Å². The van der Waals surface area contributed by atoms with Crippen LogP contribution in [-0.4, -0.2) is 25.5 Å². The Hall–Kier alpha value is -2.88. The number of hydrogen-bond donors (Lipinski definition) is 1. The first kappa shape index (κ1) is 14.1. The first-order chi connectivity index (χ1) is 10.7. The van der Waals surface area contributed by atoms with Crippen molar-refractivity contribution in [1.82, 2.24) is 5.32 Å². The molecular formula is C18H15NO3. The normalized spacial score (nSPS) is 23.8. The van der Waals surface area contributed by atoms with Crippen LogP contribution in [0.25, 0.3) is 5.57 Å². The molecule has 0 fully saturated rings. The molecule has 1 heterocycles. The van der Waals surface area contributed by atoms with E-state index in [2.05, 4.69) is 5.32 Å². The maximum atomic E-state index is 12.3. The van der Waals surface area contributed by atoms with Gasteiger partial charge in [0.1, 0.15) is 0 Å². The molecule has 1 aromatic carbocycles. The molecule has 110 valence electrons. The lowest BCUT2D eigenvalue weighted by atomic mass is 9.92. The fraction of sp³-hybridized carbons (Fsp3) is 0.111. The first-order valence-corrected chi connectivity index (χ1v) is 6.96. The van der Waals surface area contributed by atoms with Gasteiger partial charge in [-0.1, -0.05) is 42.5 Å². The quantitative estimate of drug-likeness (QED) is 0.810. The minimum atomic E-state index is -0.454. The van der Waals surface area contributed by atoms with Crippen molar-refractivity contribution in [2.75, 3.05) is 13.7 Å². The van der Waals surface area contributed by atoms with Crippen molar-refractivity contribution < 1.29 is 14.3 Å². The fourth-order valence-corrected chi connectivity index (χ4v) is 2.55. The van der Waals surface area contributed by atoms with E-state index in [4.69, 9.17) is 4.74 Å². The zero-order valence-corrected chi connectivity index (χ0v) is 12.1. The Labute approximate surface area is 128 Å². The molecule has 1 aliphatic heterocycles. The molecule has 1 N–H and O–H groups in total. The molecule has 0 aromatic heterocycles. The number of fused-ring (bicyclic) bond motifs is 3. The van der Waals surface area contributed by atoms with Crippen molar-refractivity contribution in [3.63, 3.8) is 0 Å². The van der Waals surface area contributed by atoms with Crippen LogP contribution >= 0.6 is 0 Å². The number of allylic oxidation sites excluding steroid dienone is 6. The molecular weight excluding hydrogens is 278 g/mol. The first-order valence-electron chi connectivity index (χ1n) is 6.96. The highest BCUT2D eigenvalue weighted by atomic mass is 16.5. The maximum absolute atomic E-state index is 12.3. The number of hydrogen-bond acceptors (Lipinski definition) is 3. The predicted molar refractivity (Wildman–Crippen MR) is 84.5 cm³/mol. The molecule has 0 radical (unpaired) electrons. The number of amides is 1. The smallest absolute Gasteiger partial charge is 0.337 e. The molecule has 0 unspecified atom stereocenters. The molecule has 1 aromatic rings. The molecule has 22 heavy (non-hydrogen) atoms. The molecule has 1 amide bonds. The van der Waals surface area contributed by atoms with Crippen molar-refractivity contribution in [1.29, 1.82) is 0 Å². The second kappa shape index (κ2) is 5.85. The Balaban J connectivity index is 2.18. The number of benzene rings is 1. The third kappa shape index (κ3) is 2.51. The van der Waals surface area contributed by atoms with Crippen LogP contribution in [0.5, 0.6) is 0 Å². The van der Waals surface area contributed by atoms with Crippen LogP contribution in [0.3, 0.4) is 0 Å². The van der Waals surface area contributed by atoms with E-state index in [0.29, 0.717) is 17.7 Å². The highest BCUT2D eigenvalue weighted by molar-refractivity contribution is 6.05. The largest absolute Gasteiger partial charge is 0.465 e. The summed E-state index contributed by atoms with van der Waals surface area (Å²) in [6.45, 7) is 0.449. The number of ether oxygens (including phenoxy) is 1. The van der Waals surface area contributed by atoms with Gasteiger partial charge in [-0.3, -0.25) is 4.79 Å². The Morgan fingerprint density at radius 2 is 1.86 bits per heavy atom. The summed E-state index contributed by atoms with van der Waals surface area (Å²) in [5.74, 6) is -0.646. The van der Waals surface area contributed by atoms with Crippen LogP contribution in [0.1, 0.15) is 26.3 Å². The van der Waals surface area contributed by atoms with E-state index in [9.17, 15) is 9.59 Å². The summed E-state index contributed by atoms with van der Waals surface area (Å²) in [7, 11) is 1.32. The highest BCUT2D eigenvalue weighted by Gasteiger charge is 2.23. The van der Waals surface area contributed by atoms with Gasteiger partial charge in [-0.25, -0.2) is 4.79 Å². The number of carbonyl (C=O) groups is 2. The lowest BCUT2D eigenvalue weighted by molar-refractivity contribution is 0.0600. The van der Waals surface area contributed by atoms with Crippen LogP contribution in [0.15, 0.2) is 60.2 Å². The molecule has 2 aliphatic rings. The van der Waals surface area contributed by atoms with Crippen molar-refractivity contribution in [3.05, 3.63) is 76.9 Å². The van der Waals surface area contributed by atoms with E-state index in [1.807, 2.05) is 36.5 Å². The van der Waals surface area contributed by atoms with E-state index in [1.54, 1.807) is 18.2 Å². The Kier molecular flexibility index (Phi) is 3.74. The lowest BCUT2D eigenvalue weighted by Crippen LogP contribution is -2.23. The maximum Gasteiger partial charge on any atom is 0.337 e. The van der Waals surface area contributed by atoms with E-state index < -0.39 is 5.97 Å². The second-order valence-electron chi connectivity index (χ2n) is 4.98. The van der Waals surface area contributed by atoms with E-state index in [-0.39, 0.29) is 5.91 Å². The van der Waals surface area contributed by atoms with Gasteiger partial charge in [0, 0.05) is 12.1 Å². The van der Waals surface area contributed by atoms with Crippen molar-refractivity contribution >= 4 is 17.4 Å². The van der Waals surface area contributed by atoms with Crippen LogP contribution < -0.4 is 5.32 Å². The standard InChI is InChI=1S/C18H15NO3/c1-22-18(21)12-8-9-15-14-7-5-3-2-4-6-13(14)11-19-17(20)16(15)10-12/h2-10H,11H2,1H3,(H,19,20)/b3-2?,4-2-,5-3-,6-4?,7-5?,13-6-,14-7+. The summed E-state index contributed by atoms with van der Waals surface area (Å²) in [6, 6.07) is 5.06. The molecule has 0 bridgehead atoms. The summed E-state index contributed by atoms with van der Waals surface area (Å²) >= 11 is 0. The third-order valence-corrected chi connectivity index (χ3v) is 3.65. The lowest BCUT2D eigenvalue weighted by Gasteiger charge is -2.11. The third-order valence-electron chi connectivity index (χ3n) is 3.65.